The van der Waals surface area contributed by atoms with Gasteiger partial charge in [0.1, 0.15) is 5.75 Å². The summed E-state index contributed by atoms with van der Waals surface area (Å²) in [6, 6.07) is 7.58. The van der Waals surface area contributed by atoms with Gasteiger partial charge in [-0.15, -0.1) is 0 Å². The predicted octanol–water partition coefficient (Wildman–Crippen LogP) is 4.41. The Labute approximate surface area is 166 Å². The van der Waals surface area contributed by atoms with E-state index >= 15 is 0 Å². The van der Waals surface area contributed by atoms with Crippen LogP contribution in [0.1, 0.15) is 47.1 Å². The summed E-state index contributed by atoms with van der Waals surface area (Å²) < 4.78 is 0.175. The van der Waals surface area contributed by atoms with E-state index in [1.807, 2.05) is 18.2 Å². The fourth-order valence-corrected chi connectivity index (χ4v) is 9.70. The number of phenols is 1. The van der Waals surface area contributed by atoms with Crippen LogP contribution in [-0.4, -0.2) is 57.3 Å². The number of hydrogen-bond donors (Lipinski definition) is 2. The maximum atomic E-state index is 10.4. The molecule has 2 N–H and O–H groups in total. The van der Waals surface area contributed by atoms with Crippen LogP contribution >= 0.6 is 10.0 Å². The average Bonchev–Trinajstić information content (AvgIpc) is 2.96. The molecule has 1 saturated heterocycles. The van der Waals surface area contributed by atoms with Crippen LogP contribution in [0.3, 0.4) is 0 Å². The topological polar surface area (TPSA) is 47.9 Å². The molecule has 0 saturated carbocycles. The molecule has 2 aliphatic rings. The van der Waals surface area contributed by atoms with Crippen LogP contribution in [0, 0.1) is 0 Å². The highest BCUT2D eigenvalue weighted by molar-refractivity contribution is 8.49. The smallest absolute Gasteiger partial charge is 0.124 e. The lowest BCUT2D eigenvalue weighted by molar-refractivity contribution is 0.273. The SMILES string of the molecule is CC(C)(C)S1(C(C)(C)C)C=C(c2ccccc2O)N=C1CN1CCNCC1. The number of aromatic hydroxyl groups is 1. The zero-order chi connectivity index (χ0) is 19.9. The molecular formula is C22H35N3OS. The molecule has 4 nitrogen and oxygen atoms in total. The second-order valence-corrected chi connectivity index (χ2v) is 13.9. The molecular weight excluding hydrogens is 354 g/mol. The first-order valence-electron chi connectivity index (χ1n) is 9.89. The number of aliphatic imine (C=N–C) groups is 1. The van der Waals surface area contributed by atoms with E-state index in [0.29, 0.717) is 5.75 Å². The van der Waals surface area contributed by atoms with Gasteiger partial charge in [-0.3, -0.25) is 4.90 Å². The van der Waals surface area contributed by atoms with E-state index in [2.05, 4.69) is 57.2 Å². The summed E-state index contributed by atoms with van der Waals surface area (Å²) in [7, 11) is -1.33. The molecule has 1 aromatic rings. The molecule has 0 bridgehead atoms. The third-order valence-corrected chi connectivity index (χ3v) is 11.0. The van der Waals surface area contributed by atoms with E-state index in [4.69, 9.17) is 4.99 Å². The minimum Gasteiger partial charge on any atom is -0.507 e. The number of piperazine rings is 1. The first kappa shape index (κ1) is 20.4. The number of nitrogens with one attached hydrogen (secondary N) is 1. The summed E-state index contributed by atoms with van der Waals surface area (Å²) in [5, 5.41) is 17.6. The highest BCUT2D eigenvalue weighted by Gasteiger charge is 2.50. The van der Waals surface area contributed by atoms with Crippen molar-refractivity contribution in [2.45, 2.75) is 51.0 Å². The molecule has 0 aliphatic carbocycles. The van der Waals surface area contributed by atoms with Crippen molar-refractivity contribution in [1.82, 2.24) is 10.2 Å². The molecule has 1 aromatic carbocycles. The lowest BCUT2D eigenvalue weighted by atomic mass is 10.1. The van der Waals surface area contributed by atoms with Gasteiger partial charge in [0.15, 0.2) is 0 Å². The summed E-state index contributed by atoms with van der Waals surface area (Å²) in [6.07, 6.45) is 0. The van der Waals surface area contributed by atoms with Crippen molar-refractivity contribution in [2.24, 2.45) is 4.99 Å². The first-order chi connectivity index (χ1) is 12.6. The minimum atomic E-state index is -1.33. The standard InChI is InChI=1S/C22H35N3OS/c1-21(2,3)27(22(4,5)6)16-18(17-9-7-8-10-19(17)26)24-20(27)15-25-13-11-23-12-14-25/h7-10,16,23,26H,11-15H2,1-6H3. The zero-order valence-electron chi connectivity index (χ0n) is 17.7. The number of nitrogens with zero attached hydrogens (tertiary/aromatic N) is 2. The van der Waals surface area contributed by atoms with Crippen molar-refractivity contribution in [3.05, 3.63) is 35.2 Å². The van der Waals surface area contributed by atoms with Crippen LogP contribution in [0.4, 0.5) is 0 Å². The van der Waals surface area contributed by atoms with E-state index in [9.17, 15) is 5.11 Å². The Kier molecular flexibility index (Phi) is 5.50. The van der Waals surface area contributed by atoms with Crippen LogP contribution in [0.15, 0.2) is 34.7 Å². The molecule has 3 rings (SSSR count). The van der Waals surface area contributed by atoms with Crippen LogP contribution < -0.4 is 5.32 Å². The van der Waals surface area contributed by atoms with Gasteiger partial charge in [0.05, 0.1) is 10.7 Å². The summed E-state index contributed by atoms with van der Waals surface area (Å²) in [5.41, 5.74) is 1.79. The number of hydrogen-bond acceptors (Lipinski definition) is 4. The molecule has 1 fully saturated rings. The van der Waals surface area contributed by atoms with Gasteiger partial charge >= 0.3 is 0 Å². The van der Waals surface area contributed by atoms with Crippen LogP contribution in [0.5, 0.6) is 5.75 Å². The molecule has 0 atom stereocenters. The fourth-order valence-electron chi connectivity index (χ4n) is 4.46. The van der Waals surface area contributed by atoms with E-state index in [-0.39, 0.29) is 9.49 Å². The normalized spacial score (nSPS) is 22.3. The summed E-state index contributed by atoms with van der Waals surface area (Å²) >= 11 is 0. The van der Waals surface area contributed by atoms with Crippen LogP contribution in [-0.2, 0) is 0 Å². The fraction of sp³-hybridized carbons (Fsp3) is 0.591. The quantitative estimate of drug-likeness (QED) is 0.805. The molecule has 27 heavy (non-hydrogen) atoms. The van der Waals surface area contributed by atoms with Gasteiger partial charge in [-0.2, -0.15) is 10.0 Å². The van der Waals surface area contributed by atoms with Crippen molar-refractivity contribution in [1.29, 1.82) is 0 Å². The second-order valence-electron chi connectivity index (χ2n) is 9.44. The molecule has 0 radical (unpaired) electrons. The van der Waals surface area contributed by atoms with E-state index in [0.717, 1.165) is 44.0 Å². The molecule has 5 heteroatoms. The maximum absolute atomic E-state index is 10.4. The van der Waals surface area contributed by atoms with Gasteiger partial charge in [-0.25, -0.2) is 4.99 Å². The third-order valence-electron chi connectivity index (χ3n) is 5.59. The van der Waals surface area contributed by atoms with Crippen molar-refractivity contribution in [3.8, 4) is 5.75 Å². The Bertz CT molecular complexity index is 736. The summed E-state index contributed by atoms with van der Waals surface area (Å²) in [4.78, 5) is 7.72. The number of para-hydroxylation sites is 1. The molecule has 0 unspecified atom stereocenters. The summed E-state index contributed by atoms with van der Waals surface area (Å²) in [5.74, 6) is 0.312. The molecule has 0 spiro atoms. The Morgan fingerprint density at radius 1 is 1.04 bits per heavy atom. The van der Waals surface area contributed by atoms with Gasteiger partial charge in [0, 0.05) is 47.8 Å². The summed E-state index contributed by atoms with van der Waals surface area (Å²) in [6.45, 7) is 19.2. The Hall–Kier alpha value is -1.30. The first-order valence-corrected chi connectivity index (χ1v) is 11.6. The Balaban J connectivity index is 2.11. The van der Waals surface area contributed by atoms with Crippen molar-refractivity contribution in [3.63, 3.8) is 0 Å². The Morgan fingerprint density at radius 2 is 1.63 bits per heavy atom. The third kappa shape index (κ3) is 3.69. The monoisotopic (exact) mass is 389 g/mol. The molecule has 0 aromatic heterocycles. The van der Waals surface area contributed by atoms with E-state index < -0.39 is 10.0 Å². The van der Waals surface area contributed by atoms with Crippen molar-refractivity contribution in [2.75, 3.05) is 32.7 Å². The molecule has 2 heterocycles. The van der Waals surface area contributed by atoms with Gasteiger partial charge in [-0.05, 0) is 17.5 Å². The van der Waals surface area contributed by atoms with E-state index in [1.165, 1.54) is 5.04 Å². The van der Waals surface area contributed by atoms with Gasteiger partial charge in [-0.1, -0.05) is 53.7 Å². The Morgan fingerprint density at radius 3 is 2.19 bits per heavy atom. The van der Waals surface area contributed by atoms with Crippen LogP contribution in [0.25, 0.3) is 5.70 Å². The average molecular weight is 390 g/mol. The predicted molar refractivity (Wildman–Crippen MR) is 120 cm³/mol. The highest BCUT2D eigenvalue weighted by atomic mass is 32.3. The molecule has 150 valence electrons. The zero-order valence-corrected chi connectivity index (χ0v) is 18.5. The van der Waals surface area contributed by atoms with Crippen LogP contribution in [0.2, 0.25) is 0 Å². The van der Waals surface area contributed by atoms with Gasteiger partial charge in [0.2, 0.25) is 0 Å². The lowest BCUT2D eigenvalue weighted by Crippen LogP contribution is -2.49. The van der Waals surface area contributed by atoms with E-state index in [1.54, 1.807) is 6.07 Å². The number of rotatable bonds is 3. The number of benzene rings is 1. The van der Waals surface area contributed by atoms with Crippen molar-refractivity contribution >= 4 is 20.8 Å². The van der Waals surface area contributed by atoms with Crippen molar-refractivity contribution < 1.29 is 5.11 Å². The van der Waals surface area contributed by atoms with Gasteiger partial charge in [0.25, 0.3) is 0 Å². The largest absolute Gasteiger partial charge is 0.507 e. The lowest BCUT2D eigenvalue weighted by Gasteiger charge is -2.56. The minimum absolute atomic E-state index is 0.0876. The molecule has 2 aliphatic heterocycles. The molecule has 0 amide bonds. The van der Waals surface area contributed by atoms with Gasteiger partial charge < -0.3 is 10.4 Å². The highest BCUT2D eigenvalue weighted by Crippen LogP contribution is 2.73. The number of phenolic OH excluding ortho intramolecular Hbond substituents is 1. The maximum Gasteiger partial charge on any atom is 0.124 e. The second kappa shape index (κ2) is 7.26.